The van der Waals surface area contributed by atoms with Gasteiger partial charge in [-0.2, -0.15) is 0 Å². The van der Waals surface area contributed by atoms with Crippen LogP contribution in [-0.2, 0) is 15.9 Å². The topological polar surface area (TPSA) is 49.3 Å². The molecular formula is C21H35IN4O2. The number of nitrogens with one attached hydrogen (secondary N) is 1. The maximum atomic E-state index is 5.69. The van der Waals surface area contributed by atoms with Crippen molar-refractivity contribution in [3.05, 3.63) is 29.8 Å². The van der Waals surface area contributed by atoms with E-state index < -0.39 is 0 Å². The fourth-order valence-electron chi connectivity index (χ4n) is 4.14. The van der Waals surface area contributed by atoms with Crippen molar-refractivity contribution >= 4 is 35.6 Å². The van der Waals surface area contributed by atoms with Gasteiger partial charge in [-0.05, 0) is 31.4 Å². The highest BCUT2D eigenvalue weighted by Crippen LogP contribution is 2.31. The molecule has 158 valence electrons. The van der Waals surface area contributed by atoms with E-state index in [0.29, 0.717) is 25.2 Å². The first-order valence-corrected chi connectivity index (χ1v) is 10.1. The number of aliphatic imine (C=N–C) groups is 1. The summed E-state index contributed by atoms with van der Waals surface area (Å²) in [6, 6.07) is 9.32. The second-order valence-electron chi connectivity index (χ2n) is 7.52. The Morgan fingerprint density at radius 2 is 2.11 bits per heavy atom. The Kier molecular flexibility index (Phi) is 9.81. The molecule has 6 nitrogen and oxygen atoms in total. The highest BCUT2D eigenvalue weighted by Gasteiger charge is 2.27. The molecule has 0 spiro atoms. The van der Waals surface area contributed by atoms with Gasteiger partial charge < -0.3 is 24.6 Å². The number of methoxy groups -OCH3 is 1. The summed E-state index contributed by atoms with van der Waals surface area (Å²) in [6.07, 6.45) is 2.30. The van der Waals surface area contributed by atoms with E-state index >= 15 is 0 Å². The van der Waals surface area contributed by atoms with E-state index in [1.54, 1.807) is 7.11 Å². The van der Waals surface area contributed by atoms with Crippen LogP contribution in [0.1, 0.15) is 18.9 Å². The van der Waals surface area contributed by atoms with E-state index in [-0.39, 0.29) is 24.0 Å². The Morgan fingerprint density at radius 3 is 2.89 bits per heavy atom. The number of anilines is 1. The van der Waals surface area contributed by atoms with Crippen LogP contribution < -0.4 is 10.2 Å². The molecule has 1 fully saturated rings. The summed E-state index contributed by atoms with van der Waals surface area (Å²) >= 11 is 0. The lowest BCUT2D eigenvalue weighted by Crippen LogP contribution is -2.44. The Hall–Kier alpha value is -1.06. The zero-order valence-corrected chi connectivity index (χ0v) is 19.7. The van der Waals surface area contributed by atoms with Gasteiger partial charge in [-0.15, -0.1) is 24.0 Å². The number of fused-ring (bicyclic) bond motifs is 1. The number of hydrogen-bond acceptors (Lipinski definition) is 4. The maximum Gasteiger partial charge on any atom is 0.193 e. The summed E-state index contributed by atoms with van der Waals surface area (Å²) in [5.74, 6) is 1.58. The molecule has 28 heavy (non-hydrogen) atoms. The van der Waals surface area contributed by atoms with Gasteiger partial charge >= 0.3 is 0 Å². The van der Waals surface area contributed by atoms with Gasteiger partial charge in [0.15, 0.2) is 5.96 Å². The number of halogens is 1. The third-order valence-corrected chi connectivity index (χ3v) is 5.57. The Labute approximate surface area is 186 Å². The van der Waals surface area contributed by atoms with Crippen molar-refractivity contribution in [1.82, 2.24) is 10.2 Å². The molecule has 2 unspecified atom stereocenters. The molecule has 2 aliphatic heterocycles. The molecule has 2 heterocycles. The highest BCUT2D eigenvalue weighted by molar-refractivity contribution is 14.0. The molecule has 0 aromatic heterocycles. The Bertz CT molecular complexity index is 628. The van der Waals surface area contributed by atoms with Crippen molar-refractivity contribution in [3.63, 3.8) is 0 Å². The van der Waals surface area contributed by atoms with E-state index in [1.165, 1.54) is 11.3 Å². The zero-order valence-electron chi connectivity index (χ0n) is 17.4. The van der Waals surface area contributed by atoms with Crippen molar-refractivity contribution in [2.24, 2.45) is 10.9 Å². The second-order valence-corrected chi connectivity index (χ2v) is 7.52. The van der Waals surface area contributed by atoms with Crippen LogP contribution in [0.25, 0.3) is 0 Å². The number of rotatable bonds is 8. The SMILES string of the molecule is CN=C(NCCN1c2ccccc2CC1C)N1CCC(COCCOC)C1.I. The van der Waals surface area contributed by atoms with Crippen molar-refractivity contribution in [3.8, 4) is 0 Å². The first-order valence-electron chi connectivity index (χ1n) is 10.1. The van der Waals surface area contributed by atoms with Crippen LogP contribution >= 0.6 is 24.0 Å². The monoisotopic (exact) mass is 502 g/mol. The van der Waals surface area contributed by atoms with Crippen molar-refractivity contribution in [1.29, 1.82) is 0 Å². The lowest BCUT2D eigenvalue weighted by molar-refractivity contribution is 0.0536. The molecule has 1 aromatic carbocycles. The number of para-hydroxylation sites is 1. The maximum absolute atomic E-state index is 5.69. The van der Waals surface area contributed by atoms with Crippen LogP contribution in [0.5, 0.6) is 0 Å². The van der Waals surface area contributed by atoms with Gasteiger partial charge in [-0.3, -0.25) is 4.99 Å². The molecule has 3 rings (SSSR count). The summed E-state index contributed by atoms with van der Waals surface area (Å²) < 4.78 is 10.7. The predicted molar refractivity (Wildman–Crippen MR) is 126 cm³/mol. The lowest BCUT2D eigenvalue weighted by atomic mass is 10.1. The minimum atomic E-state index is 0. The zero-order chi connectivity index (χ0) is 19.1. The van der Waals surface area contributed by atoms with Crippen molar-refractivity contribution in [2.75, 3.05) is 65.1 Å². The highest BCUT2D eigenvalue weighted by atomic mass is 127. The number of guanidine groups is 1. The largest absolute Gasteiger partial charge is 0.382 e. The summed E-state index contributed by atoms with van der Waals surface area (Å²) in [5, 5.41) is 3.56. The standard InChI is InChI=1S/C21H34N4O2.HI/c1-17-14-19-6-4-5-7-20(19)25(17)11-9-23-21(22-2)24-10-8-18(15-24)16-27-13-12-26-3;/h4-7,17-18H,8-16H2,1-3H3,(H,22,23);1H. The molecule has 0 aliphatic carbocycles. The summed E-state index contributed by atoms with van der Waals surface area (Å²) in [4.78, 5) is 9.35. The van der Waals surface area contributed by atoms with Crippen LogP contribution in [0.2, 0.25) is 0 Å². The minimum absolute atomic E-state index is 0. The molecule has 7 heteroatoms. The number of benzene rings is 1. The van der Waals surface area contributed by atoms with Gasteiger partial charge in [0.25, 0.3) is 0 Å². The molecule has 2 atom stereocenters. The Morgan fingerprint density at radius 1 is 1.29 bits per heavy atom. The molecule has 2 aliphatic rings. The van der Waals surface area contributed by atoms with Gasteiger partial charge in [0.1, 0.15) is 0 Å². The first-order chi connectivity index (χ1) is 13.2. The van der Waals surface area contributed by atoms with Crippen LogP contribution in [0.15, 0.2) is 29.3 Å². The number of nitrogens with zero attached hydrogens (tertiary/aromatic N) is 3. The molecule has 0 saturated carbocycles. The van der Waals surface area contributed by atoms with Gasteiger partial charge in [-0.1, -0.05) is 18.2 Å². The first kappa shape index (κ1) is 23.2. The second kappa shape index (κ2) is 11.8. The normalized spacial score (nSPS) is 21.6. The quantitative estimate of drug-likeness (QED) is 0.257. The van der Waals surface area contributed by atoms with E-state index in [2.05, 4.69) is 51.3 Å². The fraction of sp³-hybridized carbons (Fsp3) is 0.667. The van der Waals surface area contributed by atoms with Crippen molar-refractivity contribution in [2.45, 2.75) is 25.8 Å². The summed E-state index contributed by atoms with van der Waals surface area (Å²) in [7, 11) is 3.58. The fourth-order valence-corrected chi connectivity index (χ4v) is 4.14. The van der Waals surface area contributed by atoms with Crippen LogP contribution in [0, 0.1) is 5.92 Å². The molecule has 1 saturated heterocycles. The van der Waals surface area contributed by atoms with Crippen LogP contribution in [0.3, 0.4) is 0 Å². The number of likely N-dealkylation sites (tertiary alicyclic amines) is 1. The molecule has 0 amide bonds. The molecular weight excluding hydrogens is 467 g/mol. The number of hydrogen-bond donors (Lipinski definition) is 1. The van der Waals surface area contributed by atoms with Gasteiger partial charge in [0.05, 0.1) is 19.8 Å². The van der Waals surface area contributed by atoms with Gasteiger partial charge in [0, 0.05) is 58.0 Å². The van der Waals surface area contributed by atoms with E-state index in [1.807, 2.05) is 7.05 Å². The third-order valence-electron chi connectivity index (χ3n) is 5.57. The van der Waals surface area contributed by atoms with E-state index in [4.69, 9.17) is 9.47 Å². The molecule has 1 aromatic rings. The smallest absolute Gasteiger partial charge is 0.193 e. The lowest BCUT2D eigenvalue weighted by Gasteiger charge is -2.27. The van der Waals surface area contributed by atoms with E-state index in [9.17, 15) is 0 Å². The summed E-state index contributed by atoms with van der Waals surface area (Å²) in [5.41, 5.74) is 2.85. The van der Waals surface area contributed by atoms with Crippen molar-refractivity contribution < 1.29 is 9.47 Å². The average molecular weight is 502 g/mol. The minimum Gasteiger partial charge on any atom is -0.382 e. The Balaban J connectivity index is 0.00000280. The van der Waals surface area contributed by atoms with Gasteiger partial charge in [0.2, 0.25) is 0 Å². The molecule has 0 radical (unpaired) electrons. The van der Waals surface area contributed by atoms with Gasteiger partial charge in [-0.25, -0.2) is 0 Å². The average Bonchev–Trinajstić information content (AvgIpc) is 3.27. The molecule has 1 N–H and O–H groups in total. The number of ether oxygens (including phenoxy) is 2. The third kappa shape index (κ3) is 5.97. The van der Waals surface area contributed by atoms with Crippen LogP contribution in [-0.4, -0.2) is 77.1 Å². The predicted octanol–water partition coefficient (Wildman–Crippen LogP) is 2.62. The summed E-state index contributed by atoms with van der Waals surface area (Å²) in [6.45, 7) is 8.40. The van der Waals surface area contributed by atoms with E-state index in [0.717, 1.165) is 51.6 Å². The molecule has 0 bridgehead atoms. The van der Waals surface area contributed by atoms with Crippen LogP contribution in [0.4, 0.5) is 5.69 Å².